The predicted octanol–water partition coefficient (Wildman–Crippen LogP) is 3.43. The first-order valence-corrected chi connectivity index (χ1v) is 8.08. The molecule has 0 spiro atoms. The van der Waals surface area contributed by atoms with Gasteiger partial charge in [0.25, 0.3) is 5.91 Å². The molecule has 1 amide bonds. The van der Waals surface area contributed by atoms with Gasteiger partial charge in [-0.2, -0.15) is 0 Å². The van der Waals surface area contributed by atoms with Crippen molar-refractivity contribution in [3.8, 4) is 5.75 Å². The van der Waals surface area contributed by atoms with E-state index in [9.17, 15) is 4.79 Å². The fraction of sp³-hybridized carbons (Fsp3) is 0.294. The number of rotatable bonds is 6. The summed E-state index contributed by atoms with van der Waals surface area (Å²) in [6, 6.07) is 10.7. The topological polar surface area (TPSA) is 54.5 Å². The number of likely N-dealkylation sites (N-methyl/N-ethyl adjacent to an activating group) is 1. The van der Waals surface area contributed by atoms with Crippen LogP contribution in [0.2, 0.25) is 10.3 Å². The molecular weight excluding hydrogens is 349 g/mol. The molecule has 0 saturated heterocycles. The average molecular weight is 368 g/mol. The average Bonchev–Trinajstić information content (AvgIpc) is 2.53. The molecule has 2 rings (SSSR count). The number of carbonyl (C=O) groups is 1. The Hall–Kier alpha value is -1.82. The Labute approximate surface area is 151 Å². The molecule has 7 heteroatoms. The van der Waals surface area contributed by atoms with Crippen molar-refractivity contribution >= 4 is 29.1 Å². The van der Waals surface area contributed by atoms with Gasteiger partial charge >= 0.3 is 0 Å². The summed E-state index contributed by atoms with van der Waals surface area (Å²) in [5.41, 5.74) is 1.42. The zero-order valence-electron chi connectivity index (χ0n) is 13.7. The molecule has 24 heavy (non-hydrogen) atoms. The summed E-state index contributed by atoms with van der Waals surface area (Å²) in [6.07, 6.45) is 0. The van der Waals surface area contributed by atoms with Gasteiger partial charge in [-0.3, -0.25) is 4.79 Å². The van der Waals surface area contributed by atoms with Crippen molar-refractivity contribution in [3.63, 3.8) is 0 Å². The summed E-state index contributed by atoms with van der Waals surface area (Å²) < 4.78 is 5.26. The highest BCUT2D eigenvalue weighted by atomic mass is 35.5. The molecule has 0 aliphatic carbocycles. The zero-order valence-corrected chi connectivity index (χ0v) is 15.2. The Kier molecular flexibility index (Phi) is 6.43. The molecule has 128 valence electrons. The van der Waals surface area contributed by atoms with E-state index in [0.29, 0.717) is 12.1 Å². The SMILES string of the molecule is COc1cccc(C(CNC(=O)c2cc(Cl)nc(Cl)c2)N(C)C)c1. The maximum atomic E-state index is 12.3. The monoisotopic (exact) mass is 367 g/mol. The van der Waals surface area contributed by atoms with Crippen LogP contribution in [0.5, 0.6) is 5.75 Å². The van der Waals surface area contributed by atoms with E-state index in [4.69, 9.17) is 27.9 Å². The normalized spacial score (nSPS) is 12.1. The van der Waals surface area contributed by atoms with E-state index in [1.807, 2.05) is 43.3 Å². The van der Waals surface area contributed by atoms with Crippen LogP contribution in [0.25, 0.3) is 0 Å². The van der Waals surface area contributed by atoms with Gasteiger partial charge in [-0.1, -0.05) is 35.3 Å². The van der Waals surface area contributed by atoms with Gasteiger partial charge in [-0.05, 0) is 43.9 Å². The number of methoxy groups -OCH3 is 1. The maximum Gasteiger partial charge on any atom is 0.251 e. The van der Waals surface area contributed by atoms with Crippen LogP contribution in [0.1, 0.15) is 22.0 Å². The number of hydrogen-bond acceptors (Lipinski definition) is 4. The largest absolute Gasteiger partial charge is 0.497 e. The lowest BCUT2D eigenvalue weighted by molar-refractivity contribution is 0.0942. The van der Waals surface area contributed by atoms with Crippen molar-refractivity contribution in [3.05, 3.63) is 57.8 Å². The molecule has 0 aliphatic rings. The third kappa shape index (κ3) is 4.84. The highest BCUT2D eigenvalue weighted by Gasteiger charge is 2.17. The fourth-order valence-electron chi connectivity index (χ4n) is 2.33. The summed E-state index contributed by atoms with van der Waals surface area (Å²) in [5, 5.41) is 3.27. The molecule has 0 aliphatic heterocycles. The van der Waals surface area contributed by atoms with Crippen molar-refractivity contribution in [1.82, 2.24) is 15.2 Å². The number of ether oxygens (including phenoxy) is 1. The van der Waals surface area contributed by atoms with Crippen molar-refractivity contribution in [2.75, 3.05) is 27.7 Å². The number of carbonyl (C=O) groups excluding carboxylic acids is 1. The van der Waals surface area contributed by atoms with Crippen molar-refractivity contribution in [2.24, 2.45) is 0 Å². The third-order valence-corrected chi connectivity index (χ3v) is 3.97. The number of nitrogens with one attached hydrogen (secondary N) is 1. The quantitative estimate of drug-likeness (QED) is 0.794. The van der Waals surface area contributed by atoms with Crippen LogP contribution in [0.3, 0.4) is 0 Å². The number of aromatic nitrogens is 1. The molecule has 1 heterocycles. The van der Waals surface area contributed by atoms with E-state index >= 15 is 0 Å². The van der Waals surface area contributed by atoms with Gasteiger partial charge in [0.05, 0.1) is 13.2 Å². The van der Waals surface area contributed by atoms with Crippen molar-refractivity contribution < 1.29 is 9.53 Å². The number of nitrogens with zero attached hydrogens (tertiary/aromatic N) is 2. The first-order valence-electron chi connectivity index (χ1n) is 7.32. The Bertz CT molecular complexity index is 702. The Morgan fingerprint density at radius 2 is 1.92 bits per heavy atom. The number of hydrogen-bond donors (Lipinski definition) is 1. The highest BCUT2D eigenvalue weighted by Crippen LogP contribution is 2.22. The van der Waals surface area contributed by atoms with E-state index in [0.717, 1.165) is 11.3 Å². The van der Waals surface area contributed by atoms with Crippen LogP contribution < -0.4 is 10.1 Å². The molecule has 1 N–H and O–H groups in total. The molecule has 1 unspecified atom stereocenters. The second kappa shape index (κ2) is 8.33. The lowest BCUT2D eigenvalue weighted by atomic mass is 10.1. The number of pyridine rings is 1. The van der Waals surface area contributed by atoms with Crippen molar-refractivity contribution in [1.29, 1.82) is 0 Å². The standard InChI is InChI=1S/C17H19Cl2N3O2/c1-22(2)14(11-5-4-6-13(7-11)24-3)10-20-17(23)12-8-15(18)21-16(19)9-12/h4-9,14H,10H2,1-3H3,(H,20,23). The van der Waals surface area contributed by atoms with Crippen LogP contribution in [-0.2, 0) is 0 Å². The van der Waals surface area contributed by atoms with E-state index in [2.05, 4.69) is 10.3 Å². The Morgan fingerprint density at radius 3 is 2.50 bits per heavy atom. The van der Waals surface area contributed by atoms with E-state index < -0.39 is 0 Å². The summed E-state index contributed by atoms with van der Waals surface area (Å²) >= 11 is 11.7. The lowest BCUT2D eigenvalue weighted by Gasteiger charge is -2.25. The summed E-state index contributed by atoms with van der Waals surface area (Å²) in [5.74, 6) is 0.523. The Morgan fingerprint density at radius 1 is 1.25 bits per heavy atom. The maximum absolute atomic E-state index is 12.3. The fourth-order valence-corrected chi connectivity index (χ4v) is 2.80. The van der Waals surface area contributed by atoms with E-state index in [1.165, 1.54) is 12.1 Å². The van der Waals surface area contributed by atoms with Gasteiger partial charge in [0.15, 0.2) is 0 Å². The third-order valence-electron chi connectivity index (χ3n) is 3.58. The molecule has 1 aromatic heterocycles. The summed E-state index contributed by atoms with van der Waals surface area (Å²) in [4.78, 5) is 18.2. The van der Waals surface area contributed by atoms with Crippen LogP contribution in [0, 0.1) is 0 Å². The van der Waals surface area contributed by atoms with Gasteiger partial charge in [0, 0.05) is 12.1 Å². The second-order valence-electron chi connectivity index (χ2n) is 5.47. The van der Waals surface area contributed by atoms with Gasteiger partial charge in [-0.15, -0.1) is 0 Å². The predicted molar refractivity (Wildman–Crippen MR) is 96.0 cm³/mol. The molecule has 1 aromatic carbocycles. The van der Waals surface area contributed by atoms with Crippen LogP contribution in [0.15, 0.2) is 36.4 Å². The van der Waals surface area contributed by atoms with Gasteiger partial charge in [0.2, 0.25) is 0 Å². The first kappa shape index (κ1) is 18.5. The molecular formula is C17H19Cl2N3O2. The van der Waals surface area contributed by atoms with Gasteiger partial charge in [-0.25, -0.2) is 4.98 Å². The molecule has 0 bridgehead atoms. The minimum atomic E-state index is -0.254. The summed E-state index contributed by atoms with van der Waals surface area (Å²) in [7, 11) is 5.54. The molecule has 5 nitrogen and oxygen atoms in total. The minimum absolute atomic E-state index is 0.00293. The first-order chi connectivity index (χ1) is 11.4. The molecule has 1 atom stereocenters. The minimum Gasteiger partial charge on any atom is -0.497 e. The van der Waals surface area contributed by atoms with E-state index in [-0.39, 0.29) is 22.3 Å². The molecule has 0 radical (unpaired) electrons. The Balaban J connectivity index is 2.12. The second-order valence-corrected chi connectivity index (χ2v) is 6.24. The van der Waals surface area contributed by atoms with Gasteiger partial charge in [0.1, 0.15) is 16.1 Å². The number of halogens is 2. The number of benzene rings is 1. The number of amides is 1. The molecule has 0 fully saturated rings. The molecule has 0 saturated carbocycles. The van der Waals surface area contributed by atoms with Crippen LogP contribution >= 0.6 is 23.2 Å². The zero-order chi connectivity index (χ0) is 17.7. The van der Waals surface area contributed by atoms with Crippen molar-refractivity contribution in [2.45, 2.75) is 6.04 Å². The smallest absolute Gasteiger partial charge is 0.251 e. The molecule has 2 aromatic rings. The van der Waals surface area contributed by atoms with E-state index in [1.54, 1.807) is 7.11 Å². The van der Waals surface area contributed by atoms with Crippen LogP contribution in [-0.4, -0.2) is 43.5 Å². The summed E-state index contributed by atoms with van der Waals surface area (Å²) in [6.45, 7) is 0.427. The van der Waals surface area contributed by atoms with Gasteiger partial charge < -0.3 is 15.0 Å². The highest BCUT2D eigenvalue weighted by molar-refractivity contribution is 6.33. The van der Waals surface area contributed by atoms with Crippen LogP contribution in [0.4, 0.5) is 0 Å². The lowest BCUT2D eigenvalue weighted by Crippen LogP contribution is -2.34.